The number of imide groups is 1. The van der Waals surface area contributed by atoms with E-state index >= 15 is 0 Å². The molecule has 0 aromatic heterocycles. The molecule has 2 heterocycles. The summed E-state index contributed by atoms with van der Waals surface area (Å²) < 4.78 is 42.7. The average molecular weight is 554 g/mol. The number of rotatable bonds is 4. The number of amides is 2. The Morgan fingerprint density at radius 2 is 1.53 bits per heavy atom. The van der Waals surface area contributed by atoms with Gasteiger partial charge in [0.05, 0.1) is 23.4 Å². The lowest BCUT2D eigenvalue weighted by Gasteiger charge is -2.29. The SMILES string of the molecule is O=C1c2ccccc2C(=O)N1Cc1ccc(C2=NOC(c3cc(Cl)cc(Cl)c3)(C(F)(F)F)C2)cc1Cl. The second-order valence-corrected chi connectivity index (χ2v) is 9.62. The maximum Gasteiger partial charge on any atom is 0.435 e. The molecule has 2 aliphatic heterocycles. The van der Waals surface area contributed by atoms with Gasteiger partial charge in [0.25, 0.3) is 17.4 Å². The van der Waals surface area contributed by atoms with Gasteiger partial charge in [-0.3, -0.25) is 14.5 Å². The van der Waals surface area contributed by atoms with Gasteiger partial charge in [-0.15, -0.1) is 0 Å². The molecule has 5 nitrogen and oxygen atoms in total. The van der Waals surface area contributed by atoms with Gasteiger partial charge in [0.1, 0.15) is 0 Å². The summed E-state index contributed by atoms with van der Waals surface area (Å²) in [6, 6.07) is 14.5. The summed E-state index contributed by atoms with van der Waals surface area (Å²) in [5.41, 5.74) is -1.70. The Morgan fingerprint density at radius 3 is 2.08 bits per heavy atom. The summed E-state index contributed by atoms with van der Waals surface area (Å²) in [7, 11) is 0. The third-order valence-corrected chi connectivity index (χ3v) is 6.90. The number of nitrogens with zero attached hydrogens (tertiary/aromatic N) is 2. The van der Waals surface area contributed by atoms with Crippen molar-refractivity contribution in [2.24, 2.45) is 5.16 Å². The summed E-state index contributed by atoms with van der Waals surface area (Å²) in [4.78, 5) is 31.4. The van der Waals surface area contributed by atoms with Crippen LogP contribution in [-0.4, -0.2) is 28.6 Å². The molecule has 2 amide bonds. The predicted molar refractivity (Wildman–Crippen MR) is 129 cm³/mol. The van der Waals surface area contributed by atoms with E-state index < -0.39 is 30.0 Å². The van der Waals surface area contributed by atoms with Crippen LogP contribution in [0.5, 0.6) is 0 Å². The first kappa shape index (κ1) is 24.6. The topological polar surface area (TPSA) is 59.0 Å². The van der Waals surface area contributed by atoms with Gasteiger partial charge < -0.3 is 4.84 Å². The maximum atomic E-state index is 14.2. The Morgan fingerprint density at radius 1 is 0.917 bits per heavy atom. The highest BCUT2D eigenvalue weighted by Gasteiger charge is 2.62. The van der Waals surface area contributed by atoms with Crippen molar-refractivity contribution in [3.05, 3.63) is 104 Å². The van der Waals surface area contributed by atoms with E-state index in [0.717, 1.165) is 17.0 Å². The van der Waals surface area contributed by atoms with E-state index in [4.69, 9.17) is 39.6 Å². The second kappa shape index (κ2) is 8.80. The minimum atomic E-state index is -4.83. The number of hydrogen-bond donors (Lipinski definition) is 0. The minimum absolute atomic E-state index is 0.0117. The fourth-order valence-electron chi connectivity index (χ4n) is 4.25. The molecule has 11 heteroatoms. The van der Waals surface area contributed by atoms with E-state index in [1.807, 2.05) is 0 Å². The zero-order chi connectivity index (χ0) is 25.8. The molecule has 3 aromatic rings. The maximum absolute atomic E-state index is 14.2. The molecule has 0 saturated heterocycles. The summed E-state index contributed by atoms with van der Waals surface area (Å²) in [6.45, 7) is -0.0953. The summed E-state index contributed by atoms with van der Waals surface area (Å²) in [5.74, 6) is -0.890. The fourth-order valence-corrected chi connectivity index (χ4v) is 5.02. The third kappa shape index (κ3) is 4.03. The Bertz CT molecular complexity index is 1400. The lowest BCUT2D eigenvalue weighted by molar-refractivity contribution is -0.275. The molecule has 0 spiro atoms. The van der Waals surface area contributed by atoms with Crippen molar-refractivity contribution in [2.75, 3.05) is 0 Å². The van der Waals surface area contributed by atoms with Gasteiger partial charge in [0.15, 0.2) is 0 Å². The molecule has 1 atom stereocenters. The standard InChI is InChI=1S/C25H14Cl3F3N2O3/c26-16-8-15(9-17(27)10-16)24(25(29,30)31)11-21(32-36-24)13-5-6-14(20(28)7-13)12-33-22(34)18-3-1-2-4-19(18)23(33)35/h1-10H,11-12H2. The second-order valence-electron chi connectivity index (χ2n) is 8.34. The van der Waals surface area contributed by atoms with Crippen LogP contribution in [0.2, 0.25) is 15.1 Å². The van der Waals surface area contributed by atoms with Gasteiger partial charge in [0.2, 0.25) is 0 Å². The van der Waals surface area contributed by atoms with Crippen LogP contribution < -0.4 is 0 Å². The molecule has 1 unspecified atom stereocenters. The predicted octanol–water partition coefficient (Wildman–Crippen LogP) is 7.03. The van der Waals surface area contributed by atoms with Crippen LogP contribution in [0.15, 0.2) is 65.8 Å². The van der Waals surface area contributed by atoms with E-state index in [0.29, 0.717) is 22.3 Å². The van der Waals surface area contributed by atoms with Gasteiger partial charge in [0, 0.05) is 32.6 Å². The highest BCUT2D eigenvalue weighted by atomic mass is 35.5. The van der Waals surface area contributed by atoms with E-state index in [1.165, 1.54) is 24.3 Å². The average Bonchev–Trinajstić information content (AvgIpc) is 3.37. The van der Waals surface area contributed by atoms with E-state index in [1.54, 1.807) is 24.3 Å². The molecule has 0 bridgehead atoms. The molecule has 0 N–H and O–H groups in total. The van der Waals surface area contributed by atoms with Crippen molar-refractivity contribution in [1.29, 1.82) is 0 Å². The van der Waals surface area contributed by atoms with Crippen molar-refractivity contribution in [1.82, 2.24) is 4.90 Å². The highest BCUT2D eigenvalue weighted by Crippen LogP contribution is 2.49. The molecule has 0 fully saturated rings. The van der Waals surface area contributed by atoms with Crippen molar-refractivity contribution < 1.29 is 27.6 Å². The molecular weight excluding hydrogens is 540 g/mol. The summed E-state index contributed by atoms with van der Waals surface area (Å²) in [5, 5.41) is 3.93. The lowest BCUT2D eigenvalue weighted by Crippen LogP contribution is -2.42. The zero-order valence-corrected chi connectivity index (χ0v) is 20.3. The molecule has 0 aliphatic carbocycles. The Hall–Kier alpha value is -3.07. The van der Waals surface area contributed by atoms with E-state index in [2.05, 4.69) is 5.16 Å². The number of alkyl halides is 3. The highest BCUT2D eigenvalue weighted by molar-refractivity contribution is 6.34. The number of oxime groups is 1. The van der Waals surface area contributed by atoms with Crippen molar-refractivity contribution in [3.63, 3.8) is 0 Å². The number of halogens is 6. The molecule has 5 rings (SSSR count). The van der Waals surface area contributed by atoms with Crippen LogP contribution in [0.1, 0.15) is 43.8 Å². The third-order valence-electron chi connectivity index (χ3n) is 6.11. The minimum Gasteiger partial charge on any atom is -0.374 e. The summed E-state index contributed by atoms with van der Waals surface area (Å²) >= 11 is 18.3. The molecule has 0 saturated carbocycles. The lowest BCUT2D eigenvalue weighted by atomic mass is 9.86. The van der Waals surface area contributed by atoms with Gasteiger partial charge in [-0.2, -0.15) is 13.2 Å². The van der Waals surface area contributed by atoms with Crippen molar-refractivity contribution in [2.45, 2.75) is 24.7 Å². The molecule has 0 radical (unpaired) electrons. The Balaban J connectivity index is 1.41. The number of carbonyl (C=O) groups is 2. The largest absolute Gasteiger partial charge is 0.435 e. The van der Waals surface area contributed by atoms with Crippen LogP contribution >= 0.6 is 34.8 Å². The van der Waals surface area contributed by atoms with Crippen LogP contribution in [0.4, 0.5) is 13.2 Å². The van der Waals surface area contributed by atoms with Gasteiger partial charge in [-0.25, -0.2) is 0 Å². The van der Waals surface area contributed by atoms with E-state index in [-0.39, 0.29) is 32.9 Å². The molecule has 184 valence electrons. The molecule has 3 aromatic carbocycles. The van der Waals surface area contributed by atoms with Crippen molar-refractivity contribution in [3.8, 4) is 0 Å². The quantitative estimate of drug-likeness (QED) is 0.326. The molecular formula is C25H14Cl3F3N2O3. The number of benzene rings is 3. The Labute approximate surface area is 218 Å². The summed E-state index contributed by atoms with van der Waals surface area (Å²) in [6.07, 6.45) is -5.47. The van der Waals surface area contributed by atoms with Gasteiger partial charge >= 0.3 is 6.18 Å². The fraction of sp³-hybridized carbons (Fsp3) is 0.160. The van der Waals surface area contributed by atoms with E-state index in [9.17, 15) is 22.8 Å². The zero-order valence-electron chi connectivity index (χ0n) is 18.1. The molecule has 36 heavy (non-hydrogen) atoms. The smallest absolute Gasteiger partial charge is 0.374 e. The van der Waals surface area contributed by atoms with Crippen LogP contribution in [0.25, 0.3) is 0 Å². The molecule has 2 aliphatic rings. The normalized spacial score (nSPS) is 19.4. The number of fused-ring (bicyclic) bond motifs is 1. The first-order valence-corrected chi connectivity index (χ1v) is 11.7. The number of carbonyl (C=O) groups excluding carboxylic acids is 2. The van der Waals surface area contributed by atoms with Crippen LogP contribution in [-0.2, 0) is 17.0 Å². The first-order valence-electron chi connectivity index (χ1n) is 10.5. The van der Waals surface area contributed by atoms with Gasteiger partial charge in [-0.05, 0) is 42.0 Å². The Kier molecular flexibility index (Phi) is 6.01. The van der Waals surface area contributed by atoms with Crippen molar-refractivity contribution >= 4 is 52.3 Å². The van der Waals surface area contributed by atoms with Gasteiger partial charge in [-0.1, -0.05) is 64.2 Å². The van der Waals surface area contributed by atoms with Crippen LogP contribution in [0, 0.1) is 0 Å². The first-order chi connectivity index (χ1) is 17.0. The number of hydrogen-bond acceptors (Lipinski definition) is 4. The monoisotopic (exact) mass is 552 g/mol. The van der Waals surface area contributed by atoms with Crippen LogP contribution in [0.3, 0.4) is 0 Å².